The van der Waals surface area contributed by atoms with E-state index >= 15 is 0 Å². The fraction of sp³-hybridized carbons (Fsp3) is 0.583. The molecule has 2 N–H and O–H groups in total. The normalized spacial score (nSPS) is 25.4. The fourth-order valence-corrected chi connectivity index (χ4v) is 2.38. The summed E-state index contributed by atoms with van der Waals surface area (Å²) in [5, 5.41) is 12.5. The molecule has 1 fully saturated rings. The largest absolute Gasteiger partial charge is 0.393 e. The first-order valence-electron chi connectivity index (χ1n) is 5.79. The third-order valence-corrected chi connectivity index (χ3v) is 3.26. The molecule has 1 aromatic rings. The lowest BCUT2D eigenvalue weighted by atomic mass is 9.93. The van der Waals surface area contributed by atoms with Crippen LogP contribution in [0.4, 0.5) is 5.69 Å². The molecule has 0 unspecified atom stereocenters. The molecule has 88 valence electrons. The van der Waals surface area contributed by atoms with Crippen LogP contribution in [0.5, 0.6) is 0 Å². The highest BCUT2D eigenvalue weighted by Crippen LogP contribution is 2.27. The van der Waals surface area contributed by atoms with E-state index in [1.807, 2.05) is 12.3 Å². The van der Waals surface area contributed by atoms with Crippen LogP contribution in [0.1, 0.15) is 31.7 Å². The van der Waals surface area contributed by atoms with Gasteiger partial charge in [0.25, 0.3) is 5.56 Å². The molecule has 0 radical (unpaired) electrons. The molecular weight excluding hydrogens is 204 g/mol. The van der Waals surface area contributed by atoms with Crippen LogP contribution in [-0.2, 0) is 0 Å². The average Bonchev–Trinajstić information content (AvgIpc) is 2.29. The summed E-state index contributed by atoms with van der Waals surface area (Å²) in [5.74, 6) is 0. The number of aromatic nitrogens is 1. The highest BCUT2D eigenvalue weighted by atomic mass is 16.3. The van der Waals surface area contributed by atoms with Crippen molar-refractivity contribution >= 4 is 5.69 Å². The van der Waals surface area contributed by atoms with E-state index < -0.39 is 0 Å². The molecule has 1 heterocycles. The van der Waals surface area contributed by atoms with E-state index in [1.165, 1.54) is 0 Å². The number of rotatable bonds is 2. The van der Waals surface area contributed by atoms with E-state index in [4.69, 9.17) is 0 Å². The lowest BCUT2D eigenvalue weighted by molar-refractivity contribution is 0.103. The van der Waals surface area contributed by atoms with Crippen molar-refractivity contribution < 1.29 is 5.11 Å². The molecule has 0 bridgehead atoms. The predicted molar refractivity (Wildman–Crippen MR) is 63.8 cm³/mol. The summed E-state index contributed by atoms with van der Waals surface area (Å²) >= 11 is 0. The highest BCUT2D eigenvalue weighted by molar-refractivity contribution is 5.39. The van der Waals surface area contributed by atoms with Gasteiger partial charge < -0.3 is 15.0 Å². The number of anilines is 1. The van der Waals surface area contributed by atoms with Crippen molar-refractivity contribution in [2.75, 3.05) is 12.4 Å². The van der Waals surface area contributed by atoms with Crippen molar-refractivity contribution in [3.05, 3.63) is 28.7 Å². The van der Waals surface area contributed by atoms with Gasteiger partial charge in [0.2, 0.25) is 0 Å². The van der Waals surface area contributed by atoms with Crippen molar-refractivity contribution in [3.63, 3.8) is 0 Å². The van der Waals surface area contributed by atoms with E-state index in [2.05, 4.69) is 5.32 Å². The molecule has 1 aromatic heterocycles. The number of hydrogen-bond donors (Lipinski definition) is 2. The first-order valence-corrected chi connectivity index (χ1v) is 5.79. The monoisotopic (exact) mass is 222 g/mol. The maximum Gasteiger partial charge on any atom is 0.274 e. The highest BCUT2D eigenvalue weighted by Gasteiger charge is 2.22. The van der Waals surface area contributed by atoms with Crippen LogP contribution in [0.15, 0.2) is 23.1 Å². The van der Waals surface area contributed by atoms with Crippen LogP contribution in [-0.4, -0.2) is 22.8 Å². The summed E-state index contributed by atoms with van der Waals surface area (Å²) in [6.07, 6.45) is 5.06. The quantitative estimate of drug-likeness (QED) is 0.794. The minimum atomic E-state index is -0.260. The maximum absolute atomic E-state index is 12.0. The van der Waals surface area contributed by atoms with Gasteiger partial charge in [0, 0.05) is 19.3 Å². The van der Waals surface area contributed by atoms with Crippen LogP contribution >= 0.6 is 0 Å². The molecule has 0 amide bonds. The average molecular weight is 222 g/mol. The summed E-state index contributed by atoms with van der Waals surface area (Å²) in [5.41, 5.74) is 0.617. The maximum atomic E-state index is 12.0. The lowest BCUT2D eigenvalue weighted by Gasteiger charge is -2.27. The predicted octanol–water partition coefficient (Wildman–Crippen LogP) is 1.37. The van der Waals surface area contributed by atoms with Crippen LogP contribution in [0.2, 0.25) is 0 Å². The van der Waals surface area contributed by atoms with Crippen LogP contribution < -0.4 is 10.9 Å². The molecule has 0 spiro atoms. The number of hydrogen-bond acceptors (Lipinski definition) is 3. The number of nitrogens with zero attached hydrogens (tertiary/aromatic N) is 1. The van der Waals surface area contributed by atoms with Crippen molar-refractivity contribution in [2.24, 2.45) is 0 Å². The zero-order valence-electron chi connectivity index (χ0n) is 9.52. The summed E-state index contributed by atoms with van der Waals surface area (Å²) in [4.78, 5) is 12.0. The molecule has 4 heteroatoms. The molecule has 1 aliphatic carbocycles. The Balaban J connectivity index is 2.29. The van der Waals surface area contributed by atoms with Gasteiger partial charge in [-0.05, 0) is 37.8 Å². The second-order valence-corrected chi connectivity index (χ2v) is 4.36. The number of nitrogens with one attached hydrogen (secondary N) is 1. The molecule has 0 aliphatic heterocycles. The van der Waals surface area contributed by atoms with Crippen molar-refractivity contribution in [2.45, 2.75) is 37.8 Å². The summed E-state index contributed by atoms with van der Waals surface area (Å²) in [7, 11) is 1.75. The molecule has 2 rings (SSSR count). The minimum absolute atomic E-state index is 0.00380. The van der Waals surface area contributed by atoms with Gasteiger partial charge in [-0.2, -0.15) is 0 Å². The topological polar surface area (TPSA) is 54.3 Å². The smallest absolute Gasteiger partial charge is 0.274 e. The Morgan fingerprint density at radius 1 is 1.50 bits per heavy atom. The van der Waals surface area contributed by atoms with Gasteiger partial charge in [-0.3, -0.25) is 4.79 Å². The zero-order chi connectivity index (χ0) is 11.5. The van der Waals surface area contributed by atoms with Gasteiger partial charge >= 0.3 is 0 Å². The summed E-state index contributed by atoms with van der Waals surface area (Å²) < 4.78 is 1.74. The third kappa shape index (κ3) is 2.11. The Morgan fingerprint density at radius 3 is 3.00 bits per heavy atom. The second-order valence-electron chi connectivity index (χ2n) is 4.36. The van der Waals surface area contributed by atoms with E-state index in [1.54, 1.807) is 17.7 Å². The molecule has 2 atom stereocenters. The Hall–Kier alpha value is -1.29. The molecule has 0 saturated heterocycles. The van der Waals surface area contributed by atoms with E-state index in [9.17, 15) is 9.90 Å². The Labute approximate surface area is 94.9 Å². The number of pyridine rings is 1. The standard InChI is InChI=1S/C12H18N2O2/c1-13-11-6-3-7-14(12(11)16)9-4-2-5-10(15)8-9/h3,6-7,9-10,13,15H,2,4-5,8H2,1H3/t9-,10-/m1/s1. The zero-order valence-corrected chi connectivity index (χ0v) is 9.52. The molecule has 4 nitrogen and oxygen atoms in total. The van der Waals surface area contributed by atoms with Crippen molar-refractivity contribution in [1.29, 1.82) is 0 Å². The molecule has 0 aromatic carbocycles. The Kier molecular flexibility index (Phi) is 3.29. The van der Waals surface area contributed by atoms with Gasteiger partial charge in [0.15, 0.2) is 0 Å². The lowest BCUT2D eigenvalue weighted by Crippen LogP contribution is -2.30. The van der Waals surface area contributed by atoms with Crippen LogP contribution in [0.25, 0.3) is 0 Å². The fourth-order valence-electron chi connectivity index (χ4n) is 2.38. The van der Waals surface area contributed by atoms with E-state index in [-0.39, 0.29) is 17.7 Å². The summed E-state index contributed by atoms with van der Waals surface area (Å²) in [6, 6.07) is 3.79. The van der Waals surface area contributed by atoms with Crippen LogP contribution in [0.3, 0.4) is 0 Å². The number of aliphatic hydroxyl groups excluding tert-OH is 1. The van der Waals surface area contributed by atoms with Crippen LogP contribution in [0, 0.1) is 0 Å². The molecule has 16 heavy (non-hydrogen) atoms. The van der Waals surface area contributed by atoms with Gasteiger partial charge in [-0.15, -0.1) is 0 Å². The van der Waals surface area contributed by atoms with Gasteiger partial charge in [-0.25, -0.2) is 0 Å². The van der Waals surface area contributed by atoms with E-state index in [0.29, 0.717) is 12.1 Å². The molecule has 1 saturated carbocycles. The Bertz CT molecular complexity index is 414. The molecule has 1 aliphatic rings. The second kappa shape index (κ2) is 4.70. The van der Waals surface area contributed by atoms with Gasteiger partial charge in [0.1, 0.15) is 5.69 Å². The van der Waals surface area contributed by atoms with Gasteiger partial charge in [0.05, 0.1) is 6.10 Å². The van der Waals surface area contributed by atoms with Gasteiger partial charge in [-0.1, -0.05) is 0 Å². The SMILES string of the molecule is CNc1cccn([C@@H]2CCC[C@@H](O)C2)c1=O. The molecular formula is C12H18N2O2. The Morgan fingerprint density at radius 2 is 2.31 bits per heavy atom. The third-order valence-electron chi connectivity index (χ3n) is 3.26. The first-order chi connectivity index (χ1) is 7.72. The number of aliphatic hydroxyl groups is 1. The van der Waals surface area contributed by atoms with E-state index in [0.717, 1.165) is 19.3 Å². The van der Waals surface area contributed by atoms with Crippen molar-refractivity contribution in [1.82, 2.24) is 4.57 Å². The first kappa shape index (κ1) is 11.2. The summed E-state index contributed by atoms with van der Waals surface area (Å²) in [6.45, 7) is 0. The minimum Gasteiger partial charge on any atom is -0.393 e. The van der Waals surface area contributed by atoms with Crippen molar-refractivity contribution in [3.8, 4) is 0 Å².